The van der Waals surface area contributed by atoms with Crippen LogP contribution in [-0.2, 0) is 0 Å². The van der Waals surface area contributed by atoms with Crippen molar-refractivity contribution in [2.45, 2.75) is 0 Å². The Morgan fingerprint density at radius 2 is 1.71 bits per heavy atom. The number of carbonyl (C=O) groups is 1. The smallest absolute Gasteiger partial charge is 0.276 e. The molecule has 0 unspecified atom stereocenters. The Kier molecular flexibility index (Phi) is 4.91. The molecule has 1 heterocycles. The molecular formula is C19H16BrN3O. The highest BCUT2D eigenvalue weighted by atomic mass is 79.9. The average Bonchev–Trinajstić information content (AvgIpc) is 2.64. The summed E-state index contributed by atoms with van der Waals surface area (Å²) in [6.07, 6.45) is 1.66. The third kappa shape index (κ3) is 3.63. The minimum absolute atomic E-state index is 0.145. The van der Waals surface area contributed by atoms with Crippen LogP contribution < -0.4 is 10.2 Å². The summed E-state index contributed by atoms with van der Waals surface area (Å²) in [6, 6.07) is 20.9. The molecule has 0 fully saturated rings. The summed E-state index contributed by atoms with van der Waals surface area (Å²) in [5, 5.41) is 3.26. The van der Waals surface area contributed by atoms with E-state index >= 15 is 0 Å². The molecule has 1 N–H and O–H groups in total. The lowest BCUT2D eigenvalue weighted by Crippen LogP contribution is -2.26. The number of amides is 1. The molecule has 3 aromatic rings. The maximum absolute atomic E-state index is 12.5. The van der Waals surface area contributed by atoms with E-state index < -0.39 is 0 Å². The van der Waals surface area contributed by atoms with Crippen molar-refractivity contribution in [2.24, 2.45) is 0 Å². The van der Waals surface area contributed by atoms with Crippen LogP contribution in [0.4, 0.5) is 17.1 Å². The normalized spacial score (nSPS) is 10.2. The largest absolute Gasteiger partial charge is 0.353 e. The highest BCUT2D eigenvalue weighted by Crippen LogP contribution is 2.25. The second-order valence-electron chi connectivity index (χ2n) is 5.24. The number of carbonyl (C=O) groups excluding carboxylic acids is 1. The first-order valence-corrected chi connectivity index (χ1v) is 8.25. The quantitative estimate of drug-likeness (QED) is 0.701. The first-order valence-electron chi connectivity index (χ1n) is 7.46. The lowest BCUT2D eigenvalue weighted by Gasteiger charge is -2.17. The monoisotopic (exact) mass is 381 g/mol. The number of aromatic nitrogens is 1. The Morgan fingerprint density at radius 1 is 1.00 bits per heavy atom. The summed E-state index contributed by atoms with van der Waals surface area (Å²) in [5.74, 6) is -0.145. The molecule has 24 heavy (non-hydrogen) atoms. The minimum atomic E-state index is -0.145. The van der Waals surface area contributed by atoms with Gasteiger partial charge in [-0.1, -0.05) is 30.3 Å². The SMILES string of the molecule is CN(C(=O)c1ccc(Nc2ccccc2Br)cn1)c1ccccc1. The second-order valence-corrected chi connectivity index (χ2v) is 6.09. The molecular weight excluding hydrogens is 366 g/mol. The van der Waals surface area contributed by atoms with E-state index in [0.717, 1.165) is 21.5 Å². The Bertz CT molecular complexity index is 835. The molecule has 2 aromatic carbocycles. The molecule has 0 radical (unpaired) electrons. The van der Waals surface area contributed by atoms with E-state index in [0.29, 0.717) is 5.69 Å². The average molecular weight is 382 g/mol. The van der Waals surface area contributed by atoms with Crippen molar-refractivity contribution in [3.63, 3.8) is 0 Å². The number of anilines is 3. The summed E-state index contributed by atoms with van der Waals surface area (Å²) >= 11 is 3.49. The van der Waals surface area contributed by atoms with Crippen LogP contribution in [0, 0.1) is 0 Å². The molecule has 0 bridgehead atoms. The van der Waals surface area contributed by atoms with Crippen molar-refractivity contribution in [1.82, 2.24) is 4.98 Å². The Hall–Kier alpha value is -2.66. The predicted octanol–water partition coefficient (Wildman–Crippen LogP) is 4.86. The van der Waals surface area contributed by atoms with Crippen molar-refractivity contribution in [3.8, 4) is 0 Å². The van der Waals surface area contributed by atoms with Crippen LogP contribution >= 0.6 is 15.9 Å². The van der Waals surface area contributed by atoms with Gasteiger partial charge in [-0.25, -0.2) is 4.98 Å². The van der Waals surface area contributed by atoms with Crippen LogP contribution in [0.2, 0.25) is 0 Å². The molecule has 120 valence electrons. The number of para-hydroxylation sites is 2. The first-order chi connectivity index (χ1) is 11.6. The van der Waals surface area contributed by atoms with Gasteiger partial charge in [0.15, 0.2) is 0 Å². The molecule has 0 spiro atoms. The van der Waals surface area contributed by atoms with Gasteiger partial charge in [-0.2, -0.15) is 0 Å². The van der Waals surface area contributed by atoms with Crippen LogP contribution in [0.25, 0.3) is 0 Å². The van der Waals surface area contributed by atoms with E-state index in [9.17, 15) is 4.79 Å². The lowest BCUT2D eigenvalue weighted by molar-refractivity contribution is 0.0988. The van der Waals surface area contributed by atoms with E-state index in [-0.39, 0.29) is 5.91 Å². The number of nitrogens with one attached hydrogen (secondary N) is 1. The first kappa shape index (κ1) is 16.2. The van der Waals surface area contributed by atoms with Gasteiger partial charge in [-0.05, 0) is 52.3 Å². The topological polar surface area (TPSA) is 45.2 Å². The van der Waals surface area contributed by atoms with Crippen LogP contribution in [0.5, 0.6) is 0 Å². The highest BCUT2D eigenvalue weighted by Gasteiger charge is 2.14. The van der Waals surface area contributed by atoms with Crippen molar-refractivity contribution >= 4 is 38.9 Å². The van der Waals surface area contributed by atoms with E-state index in [2.05, 4.69) is 26.2 Å². The highest BCUT2D eigenvalue weighted by molar-refractivity contribution is 9.10. The summed E-state index contributed by atoms with van der Waals surface area (Å²) in [4.78, 5) is 18.4. The summed E-state index contributed by atoms with van der Waals surface area (Å²) in [6.45, 7) is 0. The molecule has 0 aliphatic rings. The van der Waals surface area contributed by atoms with Gasteiger partial charge in [0.05, 0.1) is 17.6 Å². The molecule has 0 saturated heterocycles. The van der Waals surface area contributed by atoms with Gasteiger partial charge in [0.25, 0.3) is 5.91 Å². The second kappa shape index (κ2) is 7.27. The number of rotatable bonds is 4. The molecule has 1 aromatic heterocycles. The fraction of sp³-hybridized carbons (Fsp3) is 0.0526. The zero-order valence-electron chi connectivity index (χ0n) is 13.1. The zero-order valence-corrected chi connectivity index (χ0v) is 14.7. The number of pyridine rings is 1. The van der Waals surface area contributed by atoms with Crippen molar-refractivity contribution in [2.75, 3.05) is 17.3 Å². The number of hydrogen-bond acceptors (Lipinski definition) is 3. The van der Waals surface area contributed by atoms with Crippen LogP contribution in [-0.4, -0.2) is 17.9 Å². The van der Waals surface area contributed by atoms with Gasteiger partial charge in [-0.15, -0.1) is 0 Å². The Labute approximate surface area is 149 Å². The van der Waals surface area contributed by atoms with Gasteiger partial charge < -0.3 is 10.2 Å². The minimum Gasteiger partial charge on any atom is -0.353 e. The summed E-state index contributed by atoms with van der Waals surface area (Å²) < 4.78 is 0.967. The summed E-state index contributed by atoms with van der Waals surface area (Å²) in [7, 11) is 1.74. The molecule has 0 atom stereocenters. The standard InChI is InChI=1S/C19H16BrN3O/c1-23(15-7-3-2-4-8-15)19(24)18-12-11-14(13-21-18)22-17-10-6-5-9-16(17)20/h2-13,22H,1H3. The fourth-order valence-electron chi connectivity index (χ4n) is 2.25. The van der Waals surface area contributed by atoms with Crippen molar-refractivity contribution in [1.29, 1.82) is 0 Å². The van der Waals surface area contributed by atoms with E-state index in [1.54, 1.807) is 24.2 Å². The van der Waals surface area contributed by atoms with Crippen LogP contribution in [0.1, 0.15) is 10.5 Å². The molecule has 0 aliphatic heterocycles. The third-order valence-electron chi connectivity index (χ3n) is 3.58. The van der Waals surface area contributed by atoms with Crippen LogP contribution in [0.15, 0.2) is 77.4 Å². The number of hydrogen-bond donors (Lipinski definition) is 1. The van der Waals surface area contributed by atoms with Gasteiger partial charge >= 0.3 is 0 Å². The molecule has 0 saturated carbocycles. The summed E-state index contributed by atoms with van der Waals surface area (Å²) in [5.41, 5.74) is 3.00. The van der Waals surface area contributed by atoms with Gasteiger partial charge in [0.1, 0.15) is 5.69 Å². The molecule has 1 amide bonds. The molecule has 3 rings (SSSR count). The zero-order chi connectivity index (χ0) is 16.9. The number of benzene rings is 2. The van der Waals surface area contributed by atoms with E-state index in [1.807, 2.05) is 60.7 Å². The number of nitrogens with zero attached hydrogens (tertiary/aromatic N) is 2. The molecule has 5 heteroatoms. The van der Waals surface area contributed by atoms with E-state index in [4.69, 9.17) is 0 Å². The molecule has 4 nitrogen and oxygen atoms in total. The third-order valence-corrected chi connectivity index (χ3v) is 4.28. The van der Waals surface area contributed by atoms with Crippen LogP contribution in [0.3, 0.4) is 0 Å². The number of halogens is 1. The Balaban J connectivity index is 1.75. The van der Waals surface area contributed by atoms with Gasteiger partial charge in [0.2, 0.25) is 0 Å². The maximum Gasteiger partial charge on any atom is 0.276 e. The predicted molar refractivity (Wildman–Crippen MR) is 101 cm³/mol. The fourth-order valence-corrected chi connectivity index (χ4v) is 2.64. The molecule has 0 aliphatic carbocycles. The van der Waals surface area contributed by atoms with Crippen molar-refractivity contribution < 1.29 is 4.79 Å². The van der Waals surface area contributed by atoms with Gasteiger partial charge in [0, 0.05) is 17.2 Å². The van der Waals surface area contributed by atoms with E-state index in [1.165, 1.54) is 0 Å². The lowest BCUT2D eigenvalue weighted by atomic mass is 10.2. The Morgan fingerprint density at radius 3 is 2.38 bits per heavy atom. The maximum atomic E-state index is 12.5. The van der Waals surface area contributed by atoms with Gasteiger partial charge in [-0.3, -0.25) is 4.79 Å². The van der Waals surface area contributed by atoms with Crippen molar-refractivity contribution in [3.05, 3.63) is 83.1 Å².